The minimum Gasteiger partial charge on any atom is -0.311 e. The average molecular weight is 281 g/mol. The first-order valence-electron chi connectivity index (χ1n) is 7.74. The summed E-state index contributed by atoms with van der Waals surface area (Å²) in [6.07, 6.45) is 4.87. The molecule has 1 fully saturated rings. The zero-order chi connectivity index (χ0) is 14.5. The van der Waals surface area contributed by atoms with Crippen molar-refractivity contribution in [3.8, 4) is 0 Å². The van der Waals surface area contributed by atoms with Crippen LogP contribution in [0.4, 0.5) is 0 Å². The summed E-state index contributed by atoms with van der Waals surface area (Å²) in [6, 6.07) is 16.0. The van der Waals surface area contributed by atoms with Crippen LogP contribution in [-0.4, -0.2) is 35.6 Å². The molecule has 0 amide bonds. The van der Waals surface area contributed by atoms with Gasteiger partial charge < -0.3 is 5.32 Å². The maximum absolute atomic E-state index is 4.11. The molecule has 21 heavy (non-hydrogen) atoms. The zero-order valence-corrected chi connectivity index (χ0v) is 12.6. The van der Waals surface area contributed by atoms with E-state index in [1.807, 2.05) is 12.4 Å². The molecular formula is C18H23N3. The van der Waals surface area contributed by atoms with Crippen LogP contribution >= 0.6 is 0 Å². The number of rotatable bonds is 4. The van der Waals surface area contributed by atoms with Gasteiger partial charge in [-0.2, -0.15) is 0 Å². The SMILES string of the molecule is CC(c1ccncc1)N1CCNC(Cc2ccccc2)C1. The Bertz CT molecular complexity index is 541. The van der Waals surface area contributed by atoms with E-state index in [2.05, 4.69) is 64.6 Å². The number of aromatic nitrogens is 1. The van der Waals surface area contributed by atoms with Gasteiger partial charge in [0.25, 0.3) is 0 Å². The lowest BCUT2D eigenvalue weighted by molar-refractivity contribution is 0.152. The molecular weight excluding hydrogens is 258 g/mol. The number of nitrogens with zero attached hydrogens (tertiary/aromatic N) is 2. The smallest absolute Gasteiger partial charge is 0.0322 e. The van der Waals surface area contributed by atoms with Gasteiger partial charge in [-0.05, 0) is 36.6 Å². The second-order valence-electron chi connectivity index (χ2n) is 5.79. The maximum Gasteiger partial charge on any atom is 0.0322 e. The van der Waals surface area contributed by atoms with Gasteiger partial charge in [0.2, 0.25) is 0 Å². The first kappa shape index (κ1) is 14.2. The molecule has 1 N–H and O–H groups in total. The number of hydrogen-bond donors (Lipinski definition) is 1. The fourth-order valence-electron chi connectivity index (χ4n) is 3.09. The van der Waals surface area contributed by atoms with Crippen molar-refractivity contribution in [2.24, 2.45) is 0 Å². The lowest BCUT2D eigenvalue weighted by Gasteiger charge is -2.37. The van der Waals surface area contributed by atoms with Gasteiger partial charge in [0.15, 0.2) is 0 Å². The number of nitrogens with one attached hydrogen (secondary N) is 1. The Kier molecular flexibility index (Phi) is 4.63. The van der Waals surface area contributed by atoms with Crippen molar-refractivity contribution in [1.82, 2.24) is 15.2 Å². The van der Waals surface area contributed by atoms with E-state index in [9.17, 15) is 0 Å². The molecule has 2 unspecified atom stereocenters. The lowest BCUT2D eigenvalue weighted by atomic mass is 10.0. The highest BCUT2D eigenvalue weighted by molar-refractivity contribution is 5.17. The topological polar surface area (TPSA) is 28.2 Å². The average Bonchev–Trinajstić information content (AvgIpc) is 2.56. The van der Waals surface area contributed by atoms with Crippen LogP contribution in [0.1, 0.15) is 24.1 Å². The van der Waals surface area contributed by atoms with E-state index in [0.717, 1.165) is 26.1 Å². The molecule has 0 spiro atoms. The van der Waals surface area contributed by atoms with Crippen LogP contribution in [0.15, 0.2) is 54.9 Å². The zero-order valence-electron chi connectivity index (χ0n) is 12.6. The largest absolute Gasteiger partial charge is 0.311 e. The van der Waals surface area contributed by atoms with Crippen LogP contribution in [0.3, 0.4) is 0 Å². The Morgan fingerprint density at radius 1 is 1.19 bits per heavy atom. The second-order valence-corrected chi connectivity index (χ2v) is 5.79. The summed E-state index contributed by atoms with van der Waals surface area (Å²) < 4.78 is 0. The van der Waals surface area contributed by atoms with Gasteiger partial charge in [-0.15, -0.1) is 0 Å². The Hall–Kier alpha value is -1.71. The molecule has 0 bridgehead atoms. The van der Waals surface area contributed by atoms with Crippen LogP contribution in [0.5, 0.6) is 0 Å². The quantitative estimate of drug-likeness (QED) is 0.934. The van der Waals surface area contributed by atoms with Crippen LogP contribution in [0, 0.1) is 0 Å². The number of piperazine rings is 1. The molecule has 1 aliphatic heterocycles. The first-order valence-corrected chi connectivity index (χ1v) is 7.74. The molecule has 110 valence electrons. The maximum atomic E-state index is 4.11. The molecule has 1 saturated heterocycles. The van der Waals surface area contributed by atoms with E-state index in [-0.39, 0.29) is 0 Å². The fraction of sp³-hybridized carbons (Fsp3) is 0.389. The Morgan fingerprint density at radius 3 is 2.71 bits per heavy atom. The van der Waals surface area contributed by atoms with Crippen LogP contribution in [0.2, 0.25) is 0 Å². The molecule has 1 aromatic carbocycles. The Morgan fingerprint density at radius 2 is 1.95 bits per heavy atom. The van der Waals surface area contributed by atoms with Crippen molar-refractivity contribution in [3.05, 3.63) is 66.0 Å². The molecule has 1 aromatic heterocycles. The minimum atomic E-state index is 0.452. The van der Waals surface area contributed by atoms with Crippen molar-refractivity contribution in [1.29, 1.82) is 0 Å². The van der Waals surface area contributed by atoms with Crippen molar-refractivity contribution in [3.63, 3.8) is 0 Å². The van der Waals surface area contributed by atoms with Crippen molar-refractivity contribution in [2.75, 3.05) is 19.6 Å². The van der Waals surface area contributed by atoms with Gasteiger partial charge in [0, 0.05) is 44.1 Å². The van der Waals surface area contributed by atoms with E-state index in [4.69, 9.17) is 0 Å². The predicted octanol–water partition coefficient (Wildman–Crippen LogP) is 2.66. The van der Waals surface area contributed by atoms with Gasteiger partial charge in [-0.25, -0.2) is 0 Å². The van der Waals surface area contributed by atoms with Gasteiger partial charge in [-0.1, -0.05) is 30.3 Å². The molecule has 0 saturated carbocycles. The molecule has 0 radical (unpaired) electrons. The Labute approximate surface area is 127 Å². The summed E-state index contributed by atoms with van der Waals surface area (Å²) in [7, 11) is 0. The van der Waals surface area contributed by atoms with Gasteiger partial charge >= 0.3 is 0 Å². The highest BCUT2D eigenvalue weighted by Gasteiger charge is 2.23. The van der Waals surface area contributed by atoms with E-state index in [1.165, 1.54) is 11.1 Å². The molecule has 2 heterocycles. The predicted molar refractivity (Wildman–Crippen MR) is 86.2 cm³/mol. The number of hydrogen-bond acceptors (Lipinski definition) is 3. The van der Waals surface area contributed by atoms with Crippen LogP contribution in [0.25, 0.3) is 0 Å². The minimum absolute atomic E-state index is 0.452. The monoisotopic (exact) mass is 281 g/mol. The van der Waals surface area contributed by atoms with E-state index >= 15 is 0 Å². The van der Waals surface area contributed by atoms with Crippen LogP contribution < -0.4 is 5.32 Å². The number of pyridine rings is 1. The molecule has 3 heteroatoms. The molecule has 1 aliphatic rings. The van der Waals surface area contributed by atoms with Gasteiger partial charge in [0.05, 0.1) is 0 Å². The van der Waals surface area contributed by atoms with Crippen molar-refractivity contribution in [2.45, 2.75) is 25.4 Å². The third-order valence-electron chi connectivity index (χ3n) is 4.35. The second kappa shape index (κ2) is 6.83. The van der Waals surface area contributed by atoms with E-state index in [1.54, 1.807) is 0 Å². The number of benzene rings is 1. The highest BCUT2D eigenvalue weighted by atomic mass is 15.2. The summed E-state index contributed by atoms with van der Waals surface area (Å²) in [5.41, 5.74) is 2.76. The first-order chi connectivity index (χ1) is 10.3. The summed E-state index contributed by atoms with van der Waals surface area (Å²) in [6.45, 7) is 5.56. The van der Waals surface area contributed by atoms with Gasteiger partial charge in [-0.3, -0.25) is 9.88 Å². The molecule has 2 aromatic rings. The van der Waals surface area contributed by atoms with Gasteiger partial charge in [0.1, 0.15) is 0 Å². The normalized spacial score (nSPS) is 21.1. The lowest BCUT2D eigenvalue weighted by Crippen LogP contribution is -2.52. The highest BCUT2D eigenvalue weighted by Crippen LogP contribution is 2.21. The van der Waals surface area contributed by atoms with Crippen LogP contribution in [-0.2, 0) is 6.42 Å². The summed E-state index contributed by atoms with van der Waals surface area (Å²) in [5, 5.41) is 3.65. The summed E-state index contributed by atoms with van der Waals surface area (Å²) in [5.74, 6) is 0. The third-order valence-corrected chi connectivity index (χ3v) is 4.35. The summed E-state index contributed by atoms with van der Waals surface area (Å²) >= 11 is 0. The third kappa shape index (κ3) is 3.69. The fourth-order valence-corrected chi connectivity index (χ4v) is 3.09. The molecule has 0 aliphatic carbocycles. The Balaban J connectivity index is 1.63. The molecule has 3 rings (SSSR count). The van der Waals surface area contributed by atoms with Crippen molar-refractivity contribution < 1.29 is 0 Å². The summed E-state index contributed by atoms with van der Waals surface area (Å²) in [4.78, 5) is 6.68. The standard InChI is InChI=1S/C18H23N3/c1-15(17-7-9-19-10-8-17)21-12-11-20-18(14-21)13-16-5-3-2-4-6-16/h2-10,15,18,20H,11-14H2,1H3. The van der Waals surface area contributed by atoms with Crippen molar-refractivity contribution >= 4 is 0 Å². The van der Waals surface area contributed by atoms with E-state index in [0.29, 0.717) is 12.1 Å². The molecule has 3 nitrogen and oxygen atoms in total. The van der Waals surface area contributed by atoms with E-state index < -0.39 is 0 Å². The molecule has 2 atom stereocenters.